The zero-order chi connectivity index (χ0) is 12.3. The van der Waals surface area contributed by atoms with Gasteiger partial charge in [-0.2, -0.15) is 5.26 Å². The Labute approximate surface area is 102 Å². The monoisotopic (exact) mass is 230 g/mol. The van der Waals surface area contributed by atoms with Gasteiger partial charge < -0.3 is 10.6 Å². The van der Waals surface area contributed by atoms with Gasteiger partial charge in [0.15, 0.2) is 0 Å². The van der Waals surface area contributed by atoms with Crippen molar-refractivity contribution in [3.05, 3.63) is 23.9 Å². The average Bonchev–Trinajstić information content (AvgIpc) is 2.39. The van der Waals surface area contributed by atoms with E-state index in [9.17, 15) is 0 Å². The summed E-state index contributed by atoms with van der Waals surface area (Å²) in [7, 11) is 0. The highest BCUT2D eigenvalue weighted by molar-refractivity contribution is 5.43. The molecule has 1 aromatic rings. The highest BCUT2D eigenvalue weighted by Gasteiger charge is 2.25. The van der Waals surface area contributed by atoms with Crippen molar-refractivity contribution in [1.82, 2.24) is 4.98 Å². The maximum Gasteiger partial charge on any atom is 0.128 e. The van der Waals surface area contributed by atoms with Gasteiger partial charge in [0.25, 0.3) is 0 Å². The standard InChI is InChI=1S/C13H18N4/c1-10-2-3-12(7-15)9-17(10)13-5-4-11(6-14)8-16-13/h4-5,8,10,12H,2-3,7,9,15H2,1H3. The zero-order valence-electron chi connectivity index (χ0n) is 10.1. The van der Waals surface area contributed by atoms with Crippen molar-refractivity contribution < 1.29 is 0 Å². The fourth-order valence-electron chi connectivity index (χ4n) is 2.32. The van der Waals surface area contributed by atoms with Crippen molar-refractivity contribution in [3.8, 4) is 6.07 Å². The third kappa shape index (κ3) is 2.56. The molecule has 0 radical (unpaired) electrons. The van der Waals surface area contributed by atoms with Crippen molar-refractivity contribution >= 4 is 5.82 Å². The SMILES string of the molecule is CC1CCC(CN)CN1c1ccc(C#N)cn1. The van der Waals surface area contributed by atoms with Gasteiger partial charge in [-0.3, -0.25) is 0 Å². The van der Waals surface area contributed by atoms with E-state index in [0.29, 0.717) is 17.5 Å². The van der Waals surface area contributed by atoms with E-state index in [4.69, 9.17) is 11.0 Å². The minimum atomic E-state index is 0.498. The van der Waals surface area contributed by atoms with Crippen LogP contribution in [0, 0.1) is 17.2 Å². The molecule has 0 aromatic carbocycles. The van der Waals surface area contributed by atoms with Gasteiger partial charge in [-0.1, -0.05) is 0 Å². The summed E-state index contributed by atoms with van der Waals surface area (Å²) in [6.45, 7) is 3.92. The third-order valence-electron chi connectivity index (χ3n) is 3.48. The molecular formula is C13H18N4. The maximum absolute atomic E-state index is 8.75. The second-order valence-corrected chi connectivity index (χ2v) is 4.70. The van der Waals surface area contributed by atoms with Crippen LogP contribution in [0.5, 0.6) is 0 Å². The van der Waals surface area contributed by atoms with E-state index in [-0.39, 0.29) is 0 Å². The molecule has 0 saturated carbocycles. The molecule has 2 atom stereocenters. The summed E-state index contributed by atoms with van der Waals surface area (Å²) in [4.78, 5) is 6.65. The van der Waals surface area contributed by atoms with Crippen LogP contribution in [0.15, 0.2) is 18.3 Å². The Morgan fingerprint density at radius 2 is 2.35 bits per heavy atom. The second kappa shape index (κ2) is 5.15. The number of anilines is 1. The molecule has 2 rings (SSSR count). The Kier molecular flexibility index (Phi) is 3.60. The first-order chi connectivity index (χ1) is 8.24. The van der Waals surface area contributed by atoms with Gasteiger partial charge in [-0.25, -0.2) is 4.98 Å². The molecule has 2 heterocycles. The van der Waals surface area contributed by atoms with E-state index in [1.165, 1.54) is 6.42 Å². The predicted molar refractivity (Wildman–Crippen MR) is 67.5 cm³/mol. The van der Waals surface area contributed by atoms with Crippen LogP contribution < -0.4 is 10.6 Å². The smallest absolute Gasteiger partial charge is 0.128 e. The molecule has 2 N–H and O–H groups in total. The Morgan fingerprint density at radius 1 is 1.53 bits per heavy atom. The van der Waals surface area contributed by atoms with Crippen LogP contribution in [0.25, 0.3) is 0 Å². The minimum Gasteiger partial charge on any atom is -0.354 e. The molecule has 2 unspecified atom stereocenters. The molecule has 0 bridgehead atoms. The predicted octanol–water partition coefficient (Wildman–Crippen LogP) is 1.52. The molecule has 1 aliphatic heterocycles. The summed E-state index contributed by atoms with van der Waals surface area (Å²) in [6.07, 6.45) is 3.99. The van der Waals surface area contributed by atoms with Crippen LogP contribution in [0.2, 0.25) is 0 Å². The highest BCUT2D eigenvalue weighted by atomic mass is 15.2. The first-order valence-electron chi connectivity index (χ1n) is 6.07. The zero-order valence-corrected chi connectivity index (χ0v) is 10.1. The molecule has 90 valence electrons. The lowest BCUT2D eigenvalue weighted by Crippen LogP contribution is -2.44. The summed E-state index contributed by atoms with van der Waals surface area (Å²) in [6, 6.07) is 6.33. The summed E-state index contributed by atoms with van der Waals surface area (Å²) in [5.74, 6) is 1.51. The summed E-state index contributed by atoms with van der Waals surface area (Å²) < 4.78 is 0. The average molecular weight is 230 g/mol. The van der Waals surface area contributed by atoms with Crippen molar-refractivity contribution in [2.45, 2.75) is 25.8 Å². The Balaban J connectivity index is 2.16. The van der Waals surface area contributed by atoms with Crippen LogP contribution >= 0.6 is 0 Å². The largest absolute Gasteiger partial charge is 0.354 e. The van der Waals surface area contributed by atoms with Crippen molar-refractivity contribution in [1.29, 1.82) is 5.26 Å². The molecule has 1 aromatic heterocycles. The number of piperidine rings is 1. The van der Waals surface area contributed by atoms with Gasteiger partial charge >= 0.3 is 0 Å². The van der Waals surface area contributed by atoms with Crippen LogP contribution in [-0.2, 0) is 0 Å². The number of nitrogens with two attached hydrogens (primary N) is 1. The summed E-state index contributed by atoms with van der Waals surface area (Å²) >= 11 is 0. The third-order valence-corrected chi connectivity index (χ3v) is 3.48. The number of nitrogens with zero attached hydrogens (tertiary/aromatic N) is 3. The van der Waals surface area contributed by atoms with Crippen LogP contribution in [0.3, 0.4) is 0 Å². The number of hydrogen-bond donors (Lipinski definition) is 1. The van der Waals surface area contributed by atoms with Crippen LogP contribution in [0.4, 0.5) is 5.82 Å². The van der Waals surface area contributed by atoms with Crippen molar-refractivity contribution in [3.63, 3.8) is 0 Å². The van der Waals surface area contributed by atoms with Gasteiger partial charge in [-0.05, 0) is 44.4 Å². The van der Waals surface area contributed by atoms with Gasteiger partial charge in [0.05, 0.1) is 5.56 Å². The number of rotatable bonds is 2. The number of pyridine rings is 1. The van der Waals surface area contributed by atoms with E-state index in [1.807, 2.05) is 12.1 Å². The first kappa shape index (κ1) is 11.9. The summed E-state index contributed by atoms with van der Waals surface area (Å²) in [5.41, 5.74) is 6.35. The molecule has 1 aliphatic rings. The quantitative estimate of drug-likeness (QED) is 0.836. The fourth-order valence-corrected chi connectivity index (χ4v) is 2.32. The fraction of sp³-hybridized carbons (Fsp3) is 0.538. The molecule has 0 amide bonds. The van der Waals surface area contributed by atoms with Gasteiger partial charge in [-0.15, -0.1) is 0 Å². The van der Waals surface area contributed by atoms with Crippen molar-refractivity contribution in [2.75, 3.05) is 18.0 Å². The van der Waals surface area contributed by atoms with Crippen molar-refractivity contribution in [2.24, 2.45) is 11.7 Å². The van der Waals surface area contributed by atoms with E-state index in [1.54, 1.807) is 6.20 Å². The number of nitriles is 1. The Hall–Kier alpha value is -1.60. The molecule has 0 spiro atoms. The van der Waals surface area contributed by atoms with Crippen LogP contribution in [0.1, 0.15) is 25.3 Å². The maximum atomic E-state index is 8.75. The van der Waals surface area contributed by atoms with Gasteiger partial charge in [0, 0.05) is 18.8 Å². The topological polar surface area (TPSA) is 65.9 Å². The molecule has 1 fully saturated rings. The van der Waals surface area contributed by atoms with E-state index < -0.39 is 0 Å². The first-order valence-corrected chi connectivity index (χ1v) is 6.07. The number of aromatic nitrogens is 1. The Morgan fingerprint density at radius 3 is 2.94 bits per heavy atom. The molecule has 0 aliphatic carbocycles. The normalized spacial score (nSPS) is 24.4. The lowest BCUT2D eigenvalue weighted by atomic mass is 9.93. The van der Waals surface area contributed by atoms with Gasteiger partial charge in [0.1, 0.15) is 11.9 Å². The second-order valence-electron chi connectivity index (χ2n) is 4.70. The molecule has 4 nitrogen and oxygen atoms in total. The minimum absolute atomic E-state index is 0.498. The molecule has 1 saturated heterocycles. The lowest BCUT2D eigenvalue weighted by molar-refractivity contribution is 0.372. The Bertz CT molecular complexity index is 406. The molecular weight excluding hydrogens is 212 g/mol. The molecule has 4 heteroatoms. The van der Waals surface area contributed by atoms with E-state index in [2.05, 4.69) is 22.9 Å². The highest BCUT2D eigenvalue weighted by Crippen LogP contribution is 2.25. The molecule has 17 heavy (non-hydrogen) atoms. The number of hydrogen-bond acceptors (Lipinski definition) is 4. The van der Waals surface area contributed by atoms with E-state index >= 15 is 0 Å². The van der Waals surface area contributed by atoms with Gasteiger partial charge in [0.2, 0.25) is 0 Å². The lowest BCUT2D eigenvalue weighted by Gasteiger charge is -2.38. The summed E-state index contributed by atoms with van der Waals surface area (Å²) in [5, 5.41) is 8.75. The van der Waals surface area contributed by atoms with Crippen LogP contribution in [-0.4, -0.2) is 24.1 Å². The van der Waals surface area contributed by atoms with E-state index in [0.717, 1.165) is 25.3 Å².